The molecule has 3 aromatic rings. The summed E-state index contributed by atoms with van der Waals surface area (Å²) in [5.74, 6) is 1.67. The molecular weight excluding hydrogens is 418 g/mol. The smallest absolute Gasteiger partial charge is 0.252 e. The number of hydrogen-bond donors (Lipinski definition) is 1. The fourth-order valence-corrected chi connectivity index (χ4v) is 5.32. The third kappa shape index (κ3) is 3.76. The lowest BCUT2D eigenvalue weighted by Crippen LogP contribution is -2.58. The minimum atomic E-state index is -0.00567. The Kier molecular flexibility index (Phi) is 5.78. The molecule has 0 radical (unpaired) electrons. The minimum Gasteiger partial charge on any atom is -0.486 e. The molecule has 0 spiro atoms. The fraction of sp³-hybridized carbons (Fsp3) is 0.520. The van der Waals surface area contributed by atoms with Gasteiger partial charge in [-0.3, -0.25) is 14.8 Å². The van der Waals surface area contributed by atoms with Crippen molar-refractivity contribution < 1.29 is 9.47 Å². The van der Waals surface area contributed by atoms with Crippen LogP contribution in [0, 0.1) is 0 Å². The third-order valence-electron chi connectivity index (χ3n) is 7.36. The number of pyridine rings is 1. The van der Waals surface area contributed by atoms with Crippen LogP contribution in [0.25, 0.3) is 11.0 Å². The van der Waals surface area contributed by atoms with Crippen LogP contribution < -0.4 is 19.9 Å². The molecule has 5 rings (SSSR count). The van der Waals surface area contributed by atoms with E-state index in [0.29, 0.717) is 25.3 Å². The predicted molar refractivity (Wildman–Crippen MR) is 129 cm³/mol. The number of rotatable bonds is 5. The number of aromatic amines is 1. The number of aromatic nitrogens is 3. The monoisotopic (exact) mass is 451 g/mol. The molecule has 4 heterocycles. The van der Waals surface area contributed by atoms with Crippen molar-refractivity contribution in [3.8, 4) is 11.5 Å². The lowest BCUT2D eigenvalue weighted by Gasteiger charge is -2.49. The van der Waals surface area contributed by atoms with Gasteiger partial charge in [0, 0.05) is 44.3 Å². The average molecular weight is 452 g/mol. The van der Waals surface area contributed by atoms with E-state index >= 15 is 0 Å². The van der Waals surface area contributed by atoms with Crippen molar-refractivity contribution >= 4 is 16.7 Å². The number of hydrogen-bond acceptors (Lipinski definition) is 6. The second-order valence-electron chi connectivity index (χ2n) is 9.11. The maximum Gasteiger partial charge on any atom is 0.252 e. The van der Waals surface area contributed by atoms with Crippen LogP contribution in [0.5, 0.6) is 11.5 Å². The van der Waals surface area contributed by atoms with Gasteiger partial charge in [-0.15, -0.1) is 0 Å². The van der Waals surface area contributed by atoms with E-state index < -0.39 is 0 Å². The van der Waals surface area contributed by atoms with Gasteiger partial charge in [-0.25, -0.2) is 0 Å². The molecule has 2 aromatic heterocycles. The van der Waals surface area contributed by atoms with Crippen molar-refractivity contribution in [3.05, 3.63) is 46.4 Å². The molecule has 0 bridgehead atoms. The lowest BCUT2D eigenvalue weighted by molar-refractivity contribution is 0.101. The fourth-order valence-electron chi connectivity index (χ4n) is 5.32. The topological polar surface area (TPSA) is 75.6 Å². The van der Waals surface area contributed by atoms with Gasteiger partial charge in [-0.2, -0.15) is 5.10 Å². The normalized spacial score (nSPS) is 22.0. The first-order valence-corrected chi connectivity index (χ1v) is 12.0. The SMILES string of the molecule is CC[C@H]1CN(C(C)c2ccc3c(c2)OCCO3)[C@H](CC)CN1c1cc(=O)n(C)c2cn[nH]c12. The Balaban J connectivity index is 1.46. The van der Waals surface area contributed by atoms with Crippen LogP contribution >= 0.6 is 0 Å². The van der Waals surface area contributed by atoms with Gasteiger partial charge in [-0.1, -0.05) is 19.9 Å². The van der Waals surface area contributed by atoms with E-state index in [-0.39, 0.29) is 11.6 Å². The van der Waals surface area contributed by atoms with Crippen molar-refractivity contribution in [1.29, 1.82) is 0 Å². The quantitative estimate of drug-likeness (QED) is 0.640. The lowest BCUT2D eigenvalue weighted by atomic mass is 9.96. The molecule has 1 N–H and O–H groups in total. The molecule has 0 saturated carbocycles. The highest BCUT2D eigenvalue weighted by Crippen LogP contribution is 2.37. The highest BCUT2D eigenvalue weighted by molar-refractivity contribution is 5.88. The second kappa shape index (κ2) is 8.74. The van der Waals surface area contributed by atoms with Gasteiger partial charge < -0.3 is 18.9 Å². The van der Waals surface area contributed by atoms with E-state index in [9.17, 15) is 4.79 Å². The van der Waals surface area contributed by atoms with Gasteiger partial charge in [0.2, 0.25) is 0 Å². The number of benzene rings is 1. The summed E-state index contributed by atoms with van der Waals surface area (Å²) in [5, 5.41) is 7.35. The third-order valence-corrected chi connectivity index (χ3v) is 7.36. The van der Waals surface area contributed by atoms with Gasteiger partial charge >= 0.3 is 0 Å². The first-order valence-electron chi connectivity index (χ1n) is 12.0. The molecule has 1 aromatic carbocycles. The van der Waals surface area contributed by atoms with E-state index in [1.807, 2.05) is 6.07 Å². The number of fused-ring (bicyclic) bond motifs is 2. The van der Waals surface area contributed by atoms with E-state index in [1.165, 1.54) is 5.56 Å². The number of nitrogens with zero attached hydrogens (tertiary/aromatic N) is 4. The Labute approximate surface area is 194 Å². The Bertz CT molecular complexity index is 1200. The number of H-pyrrole nitrogens is 1. The van der Waals surface area contributed by atoms with Crippen LogP contribution in [0.3, 0.4) is 0 Å². The van der Waals surface area contributed by atoms with Gasteiger partial charge in [0.15, 0.2) is 11.5 Å². The molecule has 1 fully saturated rings. The van der Waals surface area contributed by atoms with E-state index in [4.69, 9.17) is 9.47 Å². The molecule has 176 valence electrons. The summed E-state index contributed by atoms with van der Waals surface area (Å²) in [7, 11) is 1.79. The van der Waals surface area contributed by atoms with E-state index in [2.05, 4.69) is 52.9 Å². The standard InChI is InChI=1S/C25H33N5O3/c1-5-18-15-30(20-12-24(31)28(4)21-13-26-27-25(20)21)19(6-2)14-29(18)16(3)17-7-8-22-23(11-17)33-10-9-32-22/h7-8,11-13,16,18-19H,5-6,9-10,14-15H2,1-4H3,(H,26,27)/t16?,18-,19+/m1/s1. The largest absolute Gasteiger partial charge is 0.486 e. The molecule has 33 heavy (non-hydrogen) atoms. The molecule has 2 aliphatic heterocycles. The number of ether oxygens (including phenoxy) is 2. The van der Waals surface area contributed by atoms with Crippen molar-refractivity contribution in [3.63, 3.8) is 0 Å². The first kappa shape index (κ1) is 21.8. The van der Waals surface area contributed by atoms with Crippen LogP contribution in [-0.4, -0.2) is 58.1 Å². The first-order chi connectivity index (χ1) is 16.0. The molecule has 1 unspecified atom stereocenters. The molecule has 8 heteroatoms. The maximum absolute atomic E-state index is 12.7. The zero-order valence-electron chi connectivity index (χ0n) is 19.9. The summed E-state index contributed by atoms with van der Waals surface area (Å²) in [6, 6.07) is 8.99. The summed E-state index contributed by atoms with van der Waals surface area (Å²) in [6.45, 7) is 9.74. The minimum absolute atomic E-state index is 0.00567. The van der Waals surface area contributed by atoms with Crippen LogP contribution in [-0.2, 0) is 7.05 Å². The molecule has 0 amide bonds. The zero-order valence-corrected chi connectivity index (χ0v) is 19.9. The molecule has 0 aliphatic carbocycles. The number of aryl methyl sites for hydroxylation is 1. The second-order valence-corrected chi connectivity index (χ2v) is 9.11. The van der Waals surface area contributed by atoms with Gasteiger partial charge in [0.05, 0.1) is 17.4 Å². The summed E-state index contributed by atoms with van der Waals surface area (Å²) in [4.78, 5) is 17.7. The maximum atomic E-state index is 12.7. The van der Waals surface area contributed by atoms with Gasteiger partial charge in [0.25, 0.3) is 5.56 Å². The molecule has 1 saturated heterocycles. The van der Waals surface area contributed by atoms with Crippen molar-refractivity contribution in [2.24, 2.45) is 7.05 Å². The van der Waals surface area contributed by atoms with E-state index in [1.54, 1.807) is 23.9 Å². The van der Waals surface area contributed by atoms with Crippen molar-refractivity contribution in [2.75, 3.05) is 31.2 Å². The van der Waals surface area contributed by atoms with Gasteiger partial charge in [0.1, 0.15) is 18.7 Å². The Morgan fingerprint density at radius 3 is 2.61 bits per heavy atom. The van der Waals surface area contributed by atoms with E-state index in [0.717, 1.165) is 54.2 Å². The summed E-state index contributed by atoms with van der Waals surface area (Å²) >= 11 is 0. The van der Waals surface area contributed by atoms with Crippen molar-refractivity contribution in [2.45, 2.75) is 51.7 Å². The molecular formula is C25H33N5O3. The highest BCUT2D eigenvalue weighted by Gasteiger charge is 2.36. The molecule has 8 nitrogen and oxygen atoms in total. The zero-order chi connectivity index (χ0) is 23.1. The number of anilines is 1. The Morgan fingerprint density at radius 2 is 1.85 bits per heavy atom. The highest BCUT2D eigenvalue weighted by atomic mass is 16.6. The Morgan fingerprint density at radius 1 is 1.09 bits per heavy atom. The van der Waals surface area contributed by atoms with Crippen molar-refractivity contribution in [1.82, 2.24) is 19.7 Å². The van der Waals surface area contributed by atoms with Crippen LogP contribution in [0.1, 0.15) is 45.2 Å². The molecule has 3 atom stereocenters. The summed E-state index contributed by atoms with van der Waals surface area (Å²) in [6.07, 6.45) is 3.75. The summed E-state index contributed by atoms with van der Waals surface area (Å²) in [5.41, 5.74) is 3.97. The predicted octanol–water partition coefficient (Wildman–Crippen LogP) is 3.47. The number of piperazine rings is 1. The Hall–Kier alpha value is -3.00. The summed E-state index contributed by atoms with van der Waals surface area (Å²) < 4.78 is 13.2. The van der Waals surface area contributed by atoms with Crippen LogP contribution in [0.2, 0.25) is 0 Å². The number of nitrogens with one attached hydrogen (secondary N) is 1. The van der Waals surface area contributed by atoms with Crippen LogP contribution in [0.15, 0.2) is 35.3 Å². The molecule has 2 aliphatic rings. The van der Waals surface area contributed by atoms with Crippen LogP contribution in [0.4, 0.5) is 5.69 Å². The van der Waals surface area contributed by atoms with Gasteiger partial charge in [-0.05, 0) is 37.5 Å². The average Bonchev–Trinajstić information content (AvgIpc) is 3.35.